The molecular formula is C46H45Cl2F3N4O6. The molecule has 10 nitrogen and oxygen atoms in total. The monoisotopic (exact) mass is 876 g/mol. The number of benzene rings is 3. The zero-order valence-electron chi connectivity index (χ0n) is 33.7. The zero-order chi connectivity index (χ0) is 42.8. The number of aromatic nitrogens is 1. The van der Waals surface area contributed by atoms with E-state index in [-0.39, 0.29) is 46.9 Å². The first-order chi connectivity index (χ1) is 29.3. The fraction of sp³-hybridized carbons (Fsp3) is 0.413. The number of carboxylic acid groups (broad SMARTS) is 1. The Morgan fingerprint density at radius 1 is 1.02 bits per heavy atom. The Morgan fingerprint density at radius 3 is 2.49 bits per heavy atom. The van der Waals surface area contributed by atoms with Crippen LogP contribution in [0, 0.1) is 5.92 Å². The van der Waals surface area contributed by atoms with Crippen LogP contribution in [0.25, 0.3) is 33.4 Å². The van der Waals surface area contributed by atoms with Crippen LogP contribution in [-0.2, 0) is 35.2 Å². The number of alkyl halides is 3. The second-order valence-electron chi connectivity index (χ2n) is 16.7. The highest BCUT2D eigenvalue weighted by molar-refractivity contribution is 6.36. The summed E-state index contributed by atoms with van der Waals surface area (Å²) >= 11 is 14.0. The van der Waals surface area contributed by atoms with Crippen molar-refractivity contribution in [2.45, 2.75) is 75.4 Å². The second-order valence-corrected chi connectivity index (χ2v) is 17.5. The van der Waals surface area contributed by atoms with E-state index in [0.717, 1.165) is 48.1 Å². The molecule has 2 aromatic heterocycles. The standard InChI is InChI=1S/C46H45Cl2F3N4O6/c1-52-45(15-5-17-56)23-54(24-45)21-27-19-35(47)43(53-42(27)59-2)61-37-13-11-29-28(6-3-7-30(29)37)32-8-4-9-33(40(32)48)38-20-26-18-34-31(39(41(26)60-38)46(49,50)51)10-12-36(34)55-16-14-25(22-55)44(57)58/h3-4,6-9,17-20,25,36-37,52H,5,10-16,21-24H2,1-2H3,(H,57,58)/t25-,36-,37+/m1/s1. The maximum atomic E-state index is 14.9. The van der Waals surface area contributed by atoms with Crippen LogP contribution in [0.4, 0.5) is 13.2 Å². The normalized spacial score (nSPS) is 21.1. The molecule has 0 bridgehead atoms. The first kappa shape index (κ1) is 41.7. The van der Waals surface area contributed by atoms with Crippen molar-refractivity contribution in [2.75, 3.05) is 40.3 Å². The molecule has 3 aromatic carbocycles. The molecule has 320 valence electrons. The largest absolute Gasteiger partial charge is 0.481 e. The van der Waals surface area contributed by atoms with E-state index in [9.17, 15) is 27.9 Å². The number of carboxylic acids is 1. The Bertz CT molecular complexity index is 2540. The van der Waals surface area contributed by atoms with E-state index in [1.54, 1.807) is 25.3 Å². The lowest BCUT2D eigenvalue weighted by Gasteiger charge is -2.50. The van der Waals surface area contributed by atoms with Crippen molar-refractivity contribution in [1.29, 1.82) is 0 Å². The summed E-state index contributed by atoms with van der Waals surface area (Å²) in [5.74, 6) is -0.513. The Labute approximate surface area is 360 Å². The highest BCUT2D eigenvalue weighted by Crippen LogP contribution is 2.50. The fourth-order valence-corrected chi connectivity index (χ4v) is 10.7. The minimum absolute atomic E-state index is 0.0981. The molecule has 2 saturated heterocycles. The van der Waals surface area contributed by atoms with Gasteiger partial charge in [-0.3, -0.25) is 14.6 Å². The van der Waals surface area contributed by atoms with Crippen molar-refractivity contribution < 1.29 is 41.8 Å². The maximum absolute atomic E-state index is 14.9. The van der Waals surface area contributed by atoms with Crippen LogP contribution >= 0.6 is 23.2 Å². The molecule has 0 spiro atoms. The number of ether oxygens (including phenoxy) is 2. The molecule has 15 heteroatoms. The average molecular weight is 878 g/mol. The minimum Gasteiger partial charge on any atom is -0.481 e. The number of nitrogens with zero attached hydrogens (tertiary/aromatic N) is 3. The van der Waals surface area contributed by atoms with E-state index in [2.05, 4.69) is 15.2 Å². The Balaban J connectivity index is 0.980. The van der Waals surface area contributed by atoms with Crippen molar-refractivity contribution >= 4 is 46.4 Å². The van der Waals surface area contributed by atoms with Crippen molar-refractivity contribution in [3.05, 3.63) is 98.0 Å². The summed E-state index contributed by atoms with van der Waals surface area (Å²) in [6.45, 7) is 2.96. The molecule has 3 atom stereocenters. The predicted octanol–water partition coefficient (Wildman–Crippen LogP) is 9.71. The van der Waals surface area contributed by atoms with Gasteiger partial charge < -0.3 is 29.1 Å². The molecule has 61 heavy (non-hydrogen) atoms. The molecule has 4 aliphatic rings. The predicted molar refractivity (Wildman–Crippen MR) is 225 cm³/mol. The highest BCUT2D eigenvalue weighted by Gasteiger charge is 2.44. The maximum Gasteiger partial charge on any atom is 0.420 e. The number of aldehydes is 1. The molecule has 2 aliphatic carbocycles. The summed E-state index contributed by atoms with van der Waals surface area (Å²) in [6, 6.07) is 16.3. The minimum atomic E-state index is -4.67. The number of nitrogens with one attached hydrogen (secondary N) is 1. The Kier molecular flexibility index (Phi) is 11.1. The summed E-state index contributed by atoms with van der Waals surface area (Å²) in [5.41, 5.74) is 4.55. The third-order valence-electron chi connectivity index (χ3n) is 13.2. The van der Waals surface area contributed by atoms with Gasteiger partial charge in [0.1, 0.15) is 34.3 Å². The number of fused-ring (bicyclic) bond motifs is 3. The summed E-state index contributed by atoms with van der Waals surface area (Å²) in [4.78, 5) is 31.6. The Hall–Kier alpha value is -4.66. The molecule has 0 radical (unpaired) electrons. The number of likely N-dealkylation sites (N-methyl/N-ethyl adjacent to an activating group) is 1. The molecule has 4 heterocycles. The lowest BCUT2D eigenvalue weighted by molar-refractivity contribution is -0.141. The van der Waals surface area contributed by atoms with Crippen LogP contribution in [0.5, 0.6) is 11.8 Å². The number of hydrogen-bond acceptors (Lipinski definition) is 9. The summed E-state index contributed by atoms with van der Waals surface area (Å²) in [5, 5.41) is 14.0. The first-order valence-corrected chi connectivity index (χ1v) is 21.4. The van der Waals surface area contributed by atoms with Crippen molar-refractivity contribution in [3.63, 3.8) is 0 Å². The van der Waals surface area contributed by atoms with Crippen LogP contribution in [0.3, 0.4) is 0 Å². The molecule has 5 aromatic rings. The van der Waals surface area contributed by atoms with E-state index in [1.807, 2.05) is 48.3 Å². The molecule has 0 amide bonds. The van der Waals surface area contributed by atoms with E-state index in [4.69, 9.17) is 37.1 Å². The first-order valence-electron chi connectivity index (χ1n) is 20.6. The van der Waals surface area contributed by atoms with Crippen molar-refractivity contribution in [3.8, 4) is 34.2 Å². The van der Waals surface area contributed by atoms with Gasteiger partial charge in [-0.2, -0.15) is 18.2 Å². The zero-order valence-corrected chi connectivity index (χ0v) is 35.2. The number of halogens is 5. The van der Waals surface area contributed by atoms with Gasteiger partial charge >= 0.3 is 12.1 Å². The van der Waals surface area contributed by atoms with Gasteiger partial charge in [-0.25, -0.2) is 0 Å². The van der Waals surface area contributed by atoms with E-state index < -0.39 is 23.6 Å². The molecule has 2 N–H and O–H groups in total. The lowest BCUT2D eigenvalue weighted by Crippen LogP contribution is -2.67. The second kappa shape index (κ2) is 16.2. The lowest BCUT2D eigenvalue weighted by atomic mass is 9.85. The smallest absolute Gasteiger partial charge is 0.420 e. The number of hydrogen-bond donors (Lipinski definition) is 2. The third kappa shape index (κ3) is 7.56. The third-order valence-corrected chi connectivity index (χ3v) is 13.9. The van der Waals surface area contributed by atoms with Crippen LogP contribution in [0.2, 0.25) is 10.0 Å². The molecule has 9 rings (SSSR count). The molecule has 2 aliphatic heterocycles. The molecule has 2 fully saturated rings. The number of methoxy groups -OCH3 is 1. The number of pyridine rings is 1. The van der Waals surface area contributed by atoms with Crippen molar-refractivity contribution in [2.24, 2.45) is 5.92 Å². The van der Waals surface area contributed by atoms with Gasteiger partial charge in [-0.05, 0) is 104 Å². The summed E-state index contributed by atoms with van der Waals surface area (Å²) in [7, 11) is 3.48. The van der Waals surface area contributed by atoms with Crippen LogP contribution in [0.15, 0.2) is 59.0 Å². The van der Waals surface area contributed by atoms with Gasteiger partial charge in [0, 0.05) is 66.3 Å². The SMILES string of the molecule is CNC1(CCC=O)CN(Cc2cc(Cl)c(O[C@H]3CCc4c(-c5cccc(-c6cc7cc8c(c(C(F)(F)F)c7o6)CC[C@H]8N6CC[C@@H](C(=O)O)C6)c5Cl)cccc43)nc2OC)C1. The topological polar surface area (TPSA) is 117 Å². The number of carbonyl (C=O) groups is 2. The Morgan fingerprint density at radius 2 is 1.77 bits per heavy atom. The molecular weight excluding hydrogens is 832 g/mol. The van der Waals surface area contributed by atoms with E-state index >= 15 is 0 Å². The van der Waals surface area contributed by atoms with E-state index in [0.29, 0.717) is 89.7 Å². The van der Waals surface area contributed by atoms with Gasteiger partial charge in [0.05, 0.1) is 18.1 Å². The number of rotatable bonds is 13. The average Bonchev–Trinajstić information content (AvgIpc) is 4.04. The fourth-order valence-electron chi connectivity index (χ4n) is 10.2. The van der Waals surface area contributed by atoms with Gasteiger partial charge in [-0.1, -0.05) is 53.5 Å². The van der Waals surface area contributed by atoms with Gasteiger partial charge in [0.2, 0.25) is 11.8 Å². The van der Waals surface area contributed by atoms with Gasteiger partial charge in [-0.15, -0.1) is 0 Å². The van der Waals surface area contributed by atoms with Gasteiger partial charge in [0.25, 0.3) is 0 Å². The summed E-state index contributed by atoms with van der Waals surface area (Å²) in [6.07, 6.45) is -0.315. The number of furan rings is 1. The van der Waals surface area contributed by atoms with Crippen molar-refractivity contribution in [1.82, 2.24) is 20.1 Å². The summed E-state index contributed by atoms with van der Waals surface area (Å²) < 4.78 is 63.0. The van der Waals surface area contributed by atoms with E-state index in [1.165, 1.54) is 0 Å². The van der Waals surface area contributed by atoms with Crippen LogP contribution in [-0.4, -0.2) is 78.0 Å². The van der Waals surface area contributed by atoms with Crippen LogP contribution < -0.4 is 14.8 Å². The quantitative estimate of drug-likeness (QED) is 0.111. The van der Waals surface area contributed by atoms with Gasteiger partial charge in [0.15, 0.2) is 0 Å². The number of aliphatic carboxylic acids is 1. The van der Waals surface area contributed by atoms with Crippen LogP contribution in [0.1, 0.15) is 77.6 Å². The molecule has 0 unspecified atom stereocenters. The number of carbonyl (C=O) groups excluding carboxylic acids is 1. The molecule has 0 saturated carbocycles. The number of likely N-dealkylation sites (tertiary alicyclic amines) is 2. The highest BCUT2D eigenvalue weighted by atomic mass is 35.5.